The van der Waals surface area contributed by atoms with Gasteiger partial charge < -0.3 is 4.74 Å². The summed E-state index contributed by atoms with van der Waals surface area (Å²) in [6.07, 6.45) is 4.69. The molecule has 0 bridgehead atoms. The lowest BCUT2D eigenvalue weighted by atomic mass is 10.2. The maximum Gasteiger partial charge on any atom is 0.229 e. The van der Waals surface area contributed by atoms with Gasteiger partial charge in [-0.25, -0.2) is 4.98 Å². The Morgan fingerprint density at radius 3 is 2.69 bits per heavy atom. The Morgan fingerprint density at radius 2 is 1.94 bits per heavy atom. The number of ether oxygens (including phenoxy) is 1. The number of thiazole rings is 1. The van der Waals surface area contributed by atoms with Crippen molar-refractivity contribution in [1.29, 1.82) is 0 Å². The van der Waals surface area contributed by atoms with Gasteiger partial charge in [0.2, 0.25) is 5.91 Å². The van der Waals surface area contributed by atoms with Gasteiger partial charge in [-0.05, 0) is 48.1 Å². The molecule has 0 aliphatic heterocycles. The number of nitrogens with zero attached hydrogens (tertiary/aromatic N) is 3. The Bertz CT molecular complexity index is 1190. The summed E-state index contributed by atoms with van der Waals surface area (Å²) < 4.78 is 6.21. The third kappa shape index (κ3) is 5.59. The van der Waals surface area contributed by atoms with Gasteiger partial charge >= 0.3 is 0 Å². The molecule has 4 rings (SSSR count). The molecule has 1 amide bonds. The first-order valence-electron chi connectivity index (χ1n) is 10.2. The van der Waals surface area contributed by atoms with Gasteiger partial charge in [-0.15, -0.1) is 11.8 Å². The van der Waals surface area contributed by atoms with Crippen LogP contribution in [0.4, 0.5) is 5.13 Å². The summed E-state index contributed by atoms with van der Waals surface area (Å²) in [7, 11) is 1.60. The number of amides is 1. The van der Waals surface area contributed by atoms with E-state index in [2.05, 4.69) is 17.1 Å². The molecule has 0 aliphatic carbocycles. The van der Waals surface area contributed by atoms with Gasteiger partial charge in [-0.2, -0.15) is 0 Å². The number of anilines is 1. The van der Waals surface area contributed by atoms with Crippen molar-refractivity contribution < 1.29 is 9.53 Å². The highest BCUT2D eigenvalue weighted by atomic mass is 35.5. The van der Waals surface area contributed by atoms with Crippen molar-refractivity contribution >= 4 is 56.0 Å². The van der Waals surface area contributed by atoms with Crippen molar-refractivity contribution in [2.75, 3.05) is 17.8 Å². The van der Waals surface area contributed by atoms with E-state index in [0.717, 1.165) is 22.4 Å². The molecule has 0 unspecified atom stereocenters. The number of carbonyl (C=O) groups excluding carboxylic acids is 1. The highest BCUT2D eigenvalue weighted by Gasteiger charge is 2.21. The third-order valence-corrected chi connectivity index (χ3v) is 7.23. The van der Waals surface area contributed by atoms with Gasteiger partial charge in [0.05, 0.1) is 23.4 Å². The molecule has 2 aromatic carbocycles. The lowest BCUT2D eigenvalue weighted by Gasteiger charge is -2.20. The standard InChI is InChI=1S/C24H22ClN3O2S2/c1-30-18-14-20(25)23-21(15-18)32-24(27-23)28(16-17-9-11-26-12-10-17)22(29)8-5-13-31-19-6-3-2-4-7-19/h2-4,6-7,9-12,14-15H,5,8,13,16H2,1H3. The Kier molecular flexibility index (Phi) is 7.63. The summed E-state index contributed by atoms with van der Waals surface area (Å²) >= 11 is 9.61. The Morgan fingerprint density at radius 1 is 1.16 bits per heavy atom. The van der Waals surface area contributed by atoms with Gasteiger partial charge in [0, 0.05) is 29.8 Å². The molecule has 164 valence electrons. The van der Waals surface area contributed by atoms with E-state index in [4.69, 9.17) is 21.3 Å². The van der Waals surface area contributed by atoms with Crippen LogP contribution < -0.4 is 9.64 Å². The summed E-state index contributed by atoms with van der Waals surface area (Å²) in [4.78, 5) is 25.0. The van der Waals surface area contributed by atoms with Gasteiger partial charge in [-0.1, -0.05) is 41.1 Å². The quantitative estimate of drug-likeness (QED) is 0.202. The fraction of sp³-hybridized carbons (Fsp3) is 0.208. The predicted octanol–water partition coefficient (Wildman–Crippen LogP) is 6.46. The number of methoxy groups -OCH3 is 1. The Hall–Kier alpha value is -2.61. The van der Waals surface area contributed by atoms with Crippen LogP contribution in [0, 0.1) is 0 Å². The summed E-state index contributed by atoms with van der Waals surface area (Å²) in [5.41, 5.74) is 1.68. The summed E-state index contributed by atoms with van der Waals surface area (Å²) in [6.45, 7) is 0.432. The van der Waals surface area contributed by atoms with Crippen molar-refractivity contribution in [1.82, 2.24) is 9.97 Å². The fourth-order valence-corrected chi connectivity index (χ4v) is 5.40. The largest absolute Gasteiger partial charge is 0.497 e. The van der Waals surface area contributed by atoms with Gasteiger partial charge in [0.1, 0.15) is 11.3 Å². The summed E-state index contributed by atoms with van der Waals surface area (Å²) in [5.74, 6) is 1.59. The van der Waals surface area contributed by atoms with Crippen LogP contribution in [0.5, 0.6) is 5.75 Å². The number of hydrogen-bond acceptors (Lipinski definition) is 6. The Balaban J connectivity index is 1.52. The lowest BCUT2D eigenvalue weighted by Crippen LogP contribution is -2.30. The van der Waals surface area contributed by atoms with Gasteiger partial charge in [0.15, 0.2) is 5.13 Å². The lowest BCUT2D eigenvalue weighted by molar-refractivity contribution is -0.118. The molecule has 0 saturated heterocycles. The average molecular weight is 484 g/mol. The van der Waals surface area contributed by atoms with E-state index in [-0.39, 0.29) is 5.91 Å². The maximum atomic E-state index is 13.3. The highest BCUT2D eigenvalue weighted by molar-refractivity contribution is 7.99. The molecule has 0 spiro atoms. The maximum absolute atomic E-state index is 13.3. The molecule has 5 nitrogen and oxygen atoms in total. The third-order valence-electron chi connectivity index (χ3n) is 4.82. The van der Waals surface area contributed by atoms with E-state index in [1.54, 1.807) is 42.2 Å². The molecule has 0 fully saturated rings. The summed E-state index contributed by atoms with van der Waals surface area (Å²) in [6, 6.07) is 17.7. The monoisotopic (exact) mass is 483 g/mol. The molecule has 0 N–H and O–H groups in total. The van der Waals surface area contributed by atoms with Crippen molar-refractivity contribution in [3.63, 3.8) is 0 Å². The highest BCUT2D eigenvalue weighted by Crippen LogP contribution is 2.37. The van der Waals surface area contributed by atoms with E-state index < -0.39 is 0 Å². The molecule has 2 heterocycles. The van der Waals surface area contributed by atoms with Crippen LogP contribution >= 0.6 is 34.7 Å². The molecule has 4 aromatic rings. The van der Waals surface area contributed by atoms with Gasteiger partial charge in [0.25, 0.3) is 0 Å². The van der Waals surface area contributed by atoms with Crippen molar-refractivity contribution in [3.05, 3.63) is 77.6 Å². The molecule has 2 aromatic heterocycles. The number of aromatic nitrogens is 2. The van der Waals surface area contributed by atoms with E-state index in [1.807, 2.05) is 36.4 Å². The van der Waals surface area contributed by atoms with Gasteiger partial charge in [-0.3, -0.25) is 14.7 Å². The van der Waals surface area contributed by atoms with E-state index >= 15 is 0 Å². The number of fused-ring (bicyclic) bond motifs is 1. The van der Waals surface area contributed by atoms with Crippen LogP contribution in [0.25, 0.3) is 10.2 Å². The number of pyridine rings is 1. The minimum Gasteiger partial charge on any atom is -0.497 e. The number of carbonyl (C=O) groups is 1. The van der Waals surface area contributed by atoms with Crippen molar-refractivity contribution in [2.45, 2.75) is 24.3 Å². The first-order chi connectivity index (χ1) is 15.6. The SMILES string of the molecule is COc1cc(Cl)c2nc(N(Cc3ccncc3)C(=O)CCCSc3ccccc3)sc2c1. The molecule has 0 atom stereocenters. The molecule has 0 saturated carbocycles. The Labute approximate surface area is 200 Å². The normalized spacial score (nSPS) is 10.9. The first-order valence-corrected chi connectivity index (χ1v) is 12.3. The first kappa shape index (κ1) is 22.6. The average Bonchev–Trinajstić information content (AvgIpc) is 3.26. The molecular weight excluding hydrogens is 462 g/mol. The topological polar surface area (TPSA) is 55.3 Å². The van der Waals surface area contributed by atoms with E-state index in [1.165, 1.54) is 16.2 Å². The second-order valence-electron chi connectivity index (χ2n) is 7.05. The number of benzene rings is 2. The van der Waals surface area contributed by atoms with Crippen LogP contribution in [0.2, 0.25) is 5.02 Å². The number of halogens is 1. The zero-order valence-electron chi connectivity index (χ0n) is 17.5. The second-order valence-corrected chi connectivity index (χ2v) is 9.64. The fourth-order valence-electron chi connectivity index (χ4n) is 3.18. The molecule has 0 radical (unpaired) electrons. The zero-order valence-corrected chi connectivity index (χ0v) is 19.9. The van der Waals surface area contributed by atoms with Crippen LogP contribution in [0.15, 0.2) is 71.9 Å². The van der Waals surface area contributed by atoms with Crippen LogP contribution in [0.3, 0.4) is 0 Å². The molecule has 32 heavy (non-hydrogen) atoms. The van der Waals surface area contributed by atoms with E-state index in [0.29, 0.717) is 34.4 Å². The minimum absolute atomic E-state index is 0.0395. The van der Waals surface area contributed by atoms with Crippen molar-refractivity contribution in [2.24, 2.45) is 0 Å². The minimum atomic E-state index is 0.0395. The molecule has 8 heteroatoms. The zero-order chi connectivity index (χ0) is 22.3. The molecular formula is C24H22ClN3O2S2. The smallest absolute Gasteiger partial charge is 0.229 e. The van der Waals surface area contributed by atoms with Crippen LogP contribution in [0.1, 0.15) is 18.4 Å². The summed E-state index contributed by atoms with van der Waals surface area (Å²) in [5, 5.41) is 1.14. The molecule has 0 aliphatic rings. The predicted molar refractivity (Wildman–Crippen MR) is 133 cm³/mol. The number of rotatable bonds is 9. The second kappa shape index (κ2) is 10.8. The van der Waals surface area contributed by atoms with Crippen LogP contribution in [-0.4, -0.2) is 28.7 Å². The van der Waals surface area contributed by atoms with Crippen molar-refractivity contribution in [3.8, 4) is 5.75 Å². The number of hydrogen-bond donors (Lipinski definition) is 0. The number of thioether (sulfide) groups is 1. The van der Waals surface area contributed by atoms with Crippen LogP contribution in [-0.2, 0) is 11.3 Å². The van der Waals surface area contributed by atoms with E-state index in [9.17, 15) is 4.79 Å².